The van der Waals surface area contributed by atoms with Gasteiger partial charge in [0.25, 0.3) is 5.56 Å². The maximum atomic E-state index is 12.5. The lowest BCUT2D eigenvalue weighted by Gasteiger charge is -2.11. The van der Waals surface area contributed by atoms with Crippen molar-refractivity contribution in [1.82, 2.24) is 29.7 Å². The summed E-state index contributed by atoms with van der Waals surface area (Å²) in [6.45, 7) is 0.0472. The monoisotopic (exact) mass is 527 g/mol. The molecular weight excluding hydrogens is 514 g/mol. The minimum absolute atomic E-state index is 0.0472. The molecule has 0 atom stereocenters. The van der Waals surface area contributed by atoms with Crippen molar-refractivity contribution in [2.75, 3.05) is 11.1 Å². The van der Waals surface area contributed by atoms with Gasteiger partial charge in [-0.2, -0.15) is 0 Å². The summed E-state index contributed by atoms with van der Waals surface area (Å²) >= 11 is 4.51. The molecule has 4 aromatic heterocycles. The first-order chi connectivity index (χ1) is 16.0. The Morgan fingerprint density at radius 3 is 2.88 bits per heavy atom. The molecule has 0 aliphatic carbocycles. The van der Waals surface area contributed by atoms with Crippen LogP contribution >= 0.6 is 27.7 Å². The lowest BCUT2D eigenvalue weighted by atomic mass is 10.2. The number of fused-ring (bicyclic) bond motifs is 3. The number of hydrogen-bond donors (Lipinski definition) is 3. The van der Waals surface area contributed by atoms with Crippen LogP contribution in [0.3, 0.4) is 0 Å². The zero-order valence-corrected chi connectivity index (χ0v) is 19.1. The average Bonchev–Trinajstić information content (AvgIpc) is 3.41. The first-order valence-corrected chi connectivity index (χ1v) is 11.3. The van der Waals surface area contributed by atoms with Gasteiger partial charge in [0.2, 0.25) is 11.1 Å². The van der Waals surface area contributed by atoms with E-state index >= 15 is 0 Å². The topological polar surface area (TPSA) is 152 Å². The molecule has 11 nitrogen and oxygen atoms in total. The summed E-state index contributed by atoms with van der Waals surface area (Å²) in [5.41, 5.74) is 0.777. The van der Waals surface area contributed by atoms with Crippen molar-refractivity contribution in [2.24, 2.45) is 0 Å². The Morgan fingerprint density at radius 2 is 2.06 bits per heavy atom. The van der Waals surface area contributed by atoms with Crippen molar-refractivity contribution >= 4 is 61.5 Å². The number of nitrogens with one attached hydrogen (secondary N) is 3. The van der Waals surface area contributed by atoms with Crippen LogP contribution in [0.4, 0.5) is 5.82 Å². The number of carbonyl (C=O) groups excluding carboxylic acids is 1. The number of hydrogen-bond acceptors (Lipinski definition) is 8. The second kappa shape index (κ2) is 8.67. The second-order valence-corrected chi connectivity index (χ2v) is 8.79. The number of thioether (sulfide) groups is 1. The Kier molecular flexibility index (Phi) is 5.56. The van der Waals surface area contributed by atoms with E-state index in [1.807, 2.05) is 18.2 Å². The summed E-state index contributed by atoms with van der Waals surface area (Å²) in [4.78, 5) is 46.3. The molecule has 0 bridgehead atoms. The van der Waals surface area contributed by atoms with E-state index in [0.717, 1.165) is 33.2 Å². The van der Waals surface area contributed by atoms with Gasteiger partial charge in [0.05, 0.1) is 18.6 Å². The predicted octanol–water partition coefficient (Wildman–Crippen LogP) is 2.49. The standard InChI is InChI=1S/C20H14BrN7O4S/c21-10-3-4-13-12(6-10)17-18(22-13)25-19(27-26-17)33-9-16(30)23-14-7-15(29)24-20(31)28(14)8-11-2-1-5-32-11/h1-7H,8-9H2,(H,23,30)(H,22,25,27)(H,24,29,31). The number of H-pyrrole nitrogens is 2. The van der Waals surface area contributed by atoms with Gasteiger partial charge in [0.15, 0.2) is 5.65 Å². The molecule has 5 aromatic rings. The highest BCUT2D eigenvalue weighted by molar-refractivity contribution is 9.10. The van der Waals surface area contributed by atoms with E-state index in [1.54, 1.807) is 12.1 Å². The van der Waals surface area contributed by atoms with Crippen LogP contribution in [-0.4, -0.2) is 41.4 Å². The van der Waals surface area contributed by atoms with Crippen molar-refractivity contribution in [3.05, 3.63) is 73.7 Å². The second-order valence-electron chi connectivity index (χ2n) is 6.93. The van der Waals surface area contributed by atoms with Crippen molar-refractivity contribution in [2.45, 2.75) is 11.7 Å². The molecule has 0 aliphatic rings. The number of furan rings is 1. The van der Waals surface area contributed by atoms with Crippen LogP contribution in [0.25, 0.3) is 22.1 Å². The minimum Gasteiger partial charge on any atom is -0.467 e. The van der Waals surface area contributed by atoms with E-state index < -0.39 is 17.2 Å². The maximum Gasteiger partial charge on any atom is 0.330 e. The lowest BCUT2D eigenvalue weighted by molar-refractivity contribution is -0.113. The molecule has 4 heterocycles. The van der Waals surface area contributed by atoms with Gasteiger partial charge in [-0.05, 0) is 30.3 Å². The SMILES string of the molecule is O=C(CSc1nnc2c(n1)[nH]c1ccc(Br)cc12)Nc1cc(=O)[nH]c(=O)n1Cc1ccco1. The number of benzene rings is 1. The smallest absolute Gasteiger partial charge is 0.330 e. The maximum absolute atomic E-state index is 12.5. The third-order valence-electron chi connectivity index (χ3n) is 4.68. The highest BCUT2D eigenvalue weighted by Gasteiger charge is 2.14. The van der Waals surface area contributed by atoms with Gasteiger partial charge < -0.3 is 14.7 Å². The molecule has 0 aliphatic heterocycles. The third-order valence-corrected chi connectivity index (χ3v) is 6.02. The van der Waals surface area contributed by atoms with Crippen molar-refractivity contribution < 1.29 is 9.21 Å². The molecule has 0 saturated carbocycles. The number of anilines is 1. The van der Waals surface area contributed by atoms with Crippen molar-refractivity contribution in [3.8, 4) is 0 Å². The molecular formula is C20H14BrN7O4S. The fraction of sp³-hybridized carbons (Fsp3) is 0.100. The molecule has 3 N–H and O–H groups in total. The van der Waals surface area contributed by atoms with Crippen LogP contribution in [0.5, 0.6) is 0 Å². The first-order valence-electron chi connectivity index (χ1n) is 9.57. The summed E-state index contributed by atoms with van der Waals surface area (Å²) < 4.78 is 7.37. The van der Waals surface area contributed by atoms with Crippen LogP contribution in [0.1, 0.15) is 5.76 Å². The van der Waals surface area contributed by atoms with E-state index in [-0.39, 0.29) is 18.1 Å². The number of nitrogens with zero attached hydrogens (tertiary/aromatic N) is 4. The van der Waals surface area contributed by atoms with Gasteiger partial charge in [-0.25, -0.2) is 9.78 Å². The molecule has 0 fully saturated rings. The Hall–Kier alpha value is -3.71. The van der Waals surface area contributed by atoms with Crippen molar-refractivity contribution in [1.29, 1.82) is 0 Å². The summed E-state index contributed by atoms with van der Waals surface area (Å²) in [7, 11) is 0. The van der Waals surface area contributed by atoms with Gasteiger partial charge in [-0.3, -0.25) is 19.1 Å². The summed E-state index contributed by atoms with van der Waals surface area (Å²) in [6.07, 6.45) is 1.47. The largest absolute Gasteiger partial charge is 0.467 e. The number of halogens is 1. The van der Waals surface area contributed by atoms with Gasteiger partial charge in [0, 0.05) is 21.4 Å². The fourth-order valence-electron chi connectivity index (χ4n) is 3.24. The molecule has 1 amide bonds. The Balaban J connectivity index is 1.32. The Labute approximate surface area is 196 Å². The van der Waals surface area contributed by atoms with E-state index in [9.17, 15) is 14.4 Å². The zero-order chi connectivity index (χ0) is 22.9. The fourth-order valence-corrected chi connectivity index (χ4v) is 4.19. The van der Waals surface area contributed by atoms with Crippen LogP contribution < -0.4 is 16.6 Å². The highest BCUT2D eigenvalue weighted by Crippen LogP contribution is 2.26. The van der Waals surface area contributed by atoms with Gasteiger partial charge in [-0.1, -0.05) is 27.7 Å². The highest BCUT2D eigenvalue weighted by atomic mass is 79.9. The quantitative estimate of drug-likeness (QED) is 0.285. The van der Waals surface area contributed by atoms with E-state index in [1.165, 1.54) is 10.8 Å². The van der Waals surface area contributed by atoms with Gasteiger partial charge in [0.1, 0.15) is 17.1 Å². The molecule has 0 radical (unpaired) electrons. The molecule has 0 spiro atoms. The van der Waals surface area contributed by atoms with Crippen LogP contribution in [-0.2, 0) is 11.3 Å². The summed E-state index contributed by atoms with van der Waals surface area (Å²) in [5, 5.41) is 12.1. The summed E-state index contributed by atoms with van der Waals surface area (Å²) in [6, 6.07) is 10.2. The third kappa shape index (κ3) is 4.45. The number of aromatic amines is 2. The van der Waals surface area contributed by atoms with Crippen molar-refractivity contribution in [3.63, 3.8) is 0 Å². The number of rotatable bonds is 6. The van der Waals surface area contributed by atoms with Crippen LogP contribution in [0.2, 0.25) is 0 Å². The van der Waals surface area contributed by atoms with Crippen LogP contribution in [0.15, 0.2) is 66.3 Å². The van der Waals surface area contributed by atoms with Gasteiger partial charge in [-0.15, -0.1) is 10.2 Å². The number of aromatic nitrogens is 6. The van der Waals surface area contributed by atoms with E-state index in [0.29, 0.717) is 22.1 Å². The van der Waals surface area contributed by atoms with Crippen LogP contribution in [0, 0.1) is 0 Å². The normalized spacial score (nSPS) is 11.3. The summed E-state index contributed by atoms with van der Waals surface area (Å²) in [5.74, 6) is 0.0526. The molecule has 1 aromatic carbocycles. The first kappa shape index (κ1) is 21.2. The molecule has 0 unspecified atom stereocenters. The molecule has 166 valence electrons. The Morgan fingerprint density at radius 1 is 1.18 bits per heavy atom. The number of carbonyl (C=O) groups is 1. The van der Waals surface area contributed by atoms with E-state index in [4.69, 9.17) is 4.42 Å². The predicted molar refractivity (Wildman–Crippen MR) is 125 cm³/mol. The molecule has 0 saturated heterocycles. The molecule has 33 heavy (non-hydrogen) atoms. The minimum atomic E-state index is -0.662. The number of amides is 1. The zero-order valence-electron chi connectivity index (χ0n) is 16.7. The lowest BCUT2D eigenvalue weighted by Crippen LogP contribution is -2.33. The average molecular weight is 528 g/mol. The Bertz CT molecular complexity index is 1610. The molecule has 5 rings (SSSR count). The molecule has 13 heteroatoms. The van der Waals surface area contributed by atoms with E-state index in [2.05, 4.69) is 46.4 Å². The van der Waals surface area contributed by atoms with Gasteiger partial charge >= 0.3 is 5.69 Å².